The number of carbonyl (C=O) groups excluding carboxylic acids is 2. The number of halogens is 3. The van der Waals surface area contributed by atoms with E-state index < -0.39 is 23.4 Å². The Bertz CT molecular complexity index is 1050. The van der Waals surface area contributed by atoms with Gasteiger partial charge >= 0.3 is 6.18 Å². The van der Waals surface area contributed by atoms with Crippen LogP contribution in [0.25, 0.3) is 0 Å². The fourth-order valence-corrected chi connectivity index (χ4v) is 3.88. The maximum atomic E-state index is 13.5. The Balaban J connectivity index is 2.01. The maximum absolute atomic E-state index is 13.5. The lowest BCUT2D eigenvalue weighted by Crippen LogP contribution is -2.25. The number of Topliss-reactive ketones (excluding diaryl/α,β-unsaturated/α-hetero) is 2. The van der Waals surface area contributed by atoms with E-state index in [1.165, 1.54) is 18.2 Å². The second-order valence-corrected chi connectivity index (χ2v) is 7.82. The van der Waals surface area contributed by atoms with Gasteiger partial charge in [0.1, 0.15) is 29.0 Å². The summed E-state index contributed by atoms with van der Waals surface area (Å²) < 4.78 is 51.5. The van der Waals surface area contributed by atoms with Crippen LogP contribution in [-0.2, 0) is 26.9 Å². The van der Waals surface area contributed by atoms with Crippen LogP contribution in [0, 0.1) is 11.3 Å². The standard InChI is InChI=1S/C25H24F3NO4/c1-2-17-8-9-18(33-23-10-7-16(15-29)13-20(23)25(26,27)28)14-19(17)24-21(30)5-3-11-32-12-4-6-22(24)31/h7-10,13-14,24H,2-6,11-12H2,1H3. The van der Waals surface area contributed by atoms with Crippen molar-refractivity contribution in [2.24, 2.45) is 0 Å². The van der Waals surface area contributed by atoms with Gasteiger partial charge in [-0.1, -0.05) is 13.0 Å². The van der Waals surface area contributed by atoms with E-state index in [2.05, 4.69) is 0 Å². The summed E-state index contributed by atoms with van der Waals surface area (Å²) in [5, 5.41) is 8.95. The van der Waals surface area contributed by atoms with E-state index in [1.807, 2.05) is 6.92 Å². The van der Waals surface area contributed by atoms with Crippen molar-refractivity contribution in [1.82, 2.24) is 0 Å². The number of hydrogen-bond donors (Lipinski definition) is 0. The van der Waals surface area contributed by atoms with Crippen LogP contribution < -0.4 is 4.74 Å². The molecule has 1 saturated heterocycles. The van der Waals surface area contributed by atoms with Crippen molar-refractivity contribution in [2.75, 3.05) is 13.2 Å². The lowest BCUT2D eigenvalue weighted by Gasteiger charge is -2.21. The molecule has 0 amide bonds. The van der Waals surface area contributed by atoms with Crippen molar-refractivity contribution < 1.29 is 32.2 Å². The minimum Gasteiger partial charge on any atom is -0.457 e. The van der Waals surface area contributed by atoms with Gasteiger partial charge in [0.25, 0.3) is 0 Å². The summed E-state index contributed by atoms with van der Waals surface area (Å²) in [6, 6.07) is 9.42. The molecule has 5 nitrogen and oxygen atoms in total. The van der Waals surface area contributed by atoms with Crippen LogP contribution in [0.5, 0.6) is 11.5 Å². The SMILES string of the molecule is CCc1ccc(Oc2ccc(C#N)cc2C(F)(F)F)cc1C1C(=O)CCCOCCCC1=O. The summed E-state index contributed by atoms with van der Waals surface area (Å²) in [7, 11) is 0. The number of carbonyl (C=O) groups is 2. The highest BCUT2D eigenvalue weighted by Gasteiger charge is 2.35. The fraction of sp³-hybridized carbons (Fsp3) is 0.400. The van der Waals surface area contributed by atoms with Crippen LogP contribution in [0.15, 0.2) is 36.4 Å². The Hall–Kier alpha value is -3.18. The number of ketones is 2. The first-order valence-corrected chi connectivity index (χ1v) is 10.8. The number of alkyl halides is 3. The average Bonchev–Trinajstić information content (AvgIpc) is 2.78. The van der Waals surface area contributed by atoms with Gasteiger partial charge < -0.3 is 9.47 Å². The molecule has 33 heavy (non-hydrogen) atoms. The first kappa shape index (κ1) is 24.5. The molecule has 0 saturated carbocycles. The monoisotopic (exact) mass is 459 g/mol. The highest BCUT2D eigenvalue weighted by atomic mass is 19.4. The smallest absolute Gasteiger partial charge is 0.420 e. The third kappa shape index (κ3) is 5.99. The normalized spacial score (nSPS) is 16.3. The van der Waals surface area contributed by atoms with Crippen LogP contribution in [0.3, 0.4) is 0 Å². The van der Waals surface area contributed by atoms with Crippen molar-refractivity contribution in [3.63, 3.8) is 0 Å². The van der Waals surface area contributed by atoms with E-state index in [0.717, 1.165) is 17.7 Å². The fourth-order valence-electron chi connectivity index (χ4n) is 3.88. The zero-order valence-electron chi connectivity index (χ0n) is 18.2. The first-order valence-electron chi connectivity index (χ1n) is 10.8. The molecule has 1 heterocycles. The molecule has 0 bridgehead atoms. The van der Waals surface area contributed by atoms with Crippen LogP contribution in [-0.4, -0.2) is 24.8 Å². The predicted octanol–water partition coefficient (Wildman–Crippen LogP) is 5.74. The minimum absolute atomic E-state index is 0.0819. The van der Waals surface area contributed by atoms with E-state index in [9.17, 15) is 22.8 Å². The Labute approximate surface area is 190 Å². The van der Waals surface area contributed by atoms with Gasteiger partial charge in [-0.15, -0.1) is 0 Å². The number of benzene rings is 2. The van der Waals surface area contributed by atoms with Gasteiger partial charge in [-0.3, -0.25) is 9.59 Å². The summed E-state index contributed by atoms with van der Waals surface area (Å²) in [6.45, 7) is 2.76. The van der Waals surface area contributed by atoms with Gasteiger partial charge in [0, 0.05) is 26.1 Å². The van der Waals surface area contributed by atoms with E-state index in [-0.39, 0.29) is 35.7 Å². The second kappa shape index (κ2) is 10.6. The molecule has 0 spiro atoms. The molecular formula is C25H24F3NO4. The Morgan fingerprint density at radius 3 is 2.30 bits per heavy atom. The Morgan fingerprint density at radius 2 is 1.73 bits per heavy atom. The van der Waals surface area contributed by atoms with Crippen LogP contribution in [0.1, 0.15) is 60.8 Å². The molecule has 0 unspecified atom stereocenters. The van der Waals surface area contributed by atoms with Gasteiger partial charge in [-0.05, 0) is 60.7 Å². The van der Waals surface area contributed by atoms with Crippen LogP contribution in [0.4, 0.5) is 13.2 Å². The molecule has 0 aliphatic carbocycles. The zero-order chi connectivity index (χ0) is 24.0. The largest absolute Gasteiger partial charge is 0.457 e. The maximum Gasteiger partial charge on any atom is 0.420 e. The van der Waals surface area contributed by atoms with E-state index in [4.69, 9.17) is 14.7 Å². The molecule has 8 heteroatoms. The third-order valence-corrected chi connectivity index (χ3v) is 5.52. The highest BCUT2D eigenvalue weighted by molar-refractivity contribution is 6.07. The molecule has 0 radical (unpaired) electrons. The summed E-state index contributed by atoms with van der Waals surface area (Å²) in [4.78, 5) is 25.9. The van der Waals surface area contributed by atoms with Crippen molar-refractivity contribution in [1.29, 1.82) is 5.26 Å². The Kier molecular flexibility index (Phi) is 7.88. The van der Waals surface area contributed by atoms with Gasteiger partial charge in [-0.25, -0.2) is 0 Å². The molecule has 0 N–H and O–H groups in total. The van der Waals surface area contributed by atoms with Crippen LogP contribution in [0.2, 0.25) is 0 Å². The molecule has 1 aliphatic heterocycles. The quantitative estimate of drug-likeness (QED) is 0.545. The number of nitrogens with zero attached hydrogens (tertiary/aromatic N) is 1. The summed E-state index contributed by atoms with van der Waals surface area (Å²) >= 11 is 0. The number of rotatable bonds is 4. The second-order valence-electron chi connectivity index (χ2n) is 7.82. The van der Waals surface area contributed by atoms with Crippen molar-refractivity contribution in [3.8, 4) is 17.6 Å². The number of aryl methyl sites for hydroxylation is 1. The average molecular weight is 459 g/mol. The topological polar surface area (TPSA) is 76.4 Å². The van der Waals surface area contributed by atoms with Gasteiger partial charge in [0.05, 0.1) is 17.2 Å². The zero-order valence-corrected chi connectivity index (χ0v) is 18.2. The number of hydrogen-bond acceptors (Lipinski definition) is 5. The molecule has 3 rings (SSSR count). The number of ether oxygens (including phenoxy) is 2. The van der Waals surface area contributed by atoms with Gasteiger partial charge in [0.15, 0.2) is 0 Å². The third-order valence-electron chi connectivity index (χ3n) is 5.52. The Morgan fingerprint density at radius 1 is 1.06 bits per heavy atom. The molecule has 2 aromatic rings. The minimum atomic E-state index is -4.72. The summed E-state index contributed by atoms with van der Waals surface area (Å²) in [6.07, 6.45) is -2.82. The molecule has 0 aromatic heterocycles. The summed E-state index contributed by atoms with van der Waals surface area (Å²) in [5.74, 6) is -1.82. The van der Waals surface area contributed by atoms with Gasteiger partial charge in [0.2, 0.25) is 0 Å². The predicted molar refractivity (Wildman–Crippen MR) is 114 cm³/mol. The number of nitriles is 1. The molecule has 1 aliphatic rings. The molecule has 0 atom stereocenters. The van der Waals surface area contributed by atoms with Crippen molar-refractivity contribution in [3.05, 3.63) is 58.7 Å². The molecule has 174 valence electrons. The molecular weight excluding hydrogens is 435 g/mol. The summed E-state index contributed by atoms with van der Waals surface area (Å²) in [5.41, 5.74) is 0.0128. The molecule has 2 aromatic carbocycles. The van der Waals surface area contributed by atoms with E-state index in [0.29, 0.717) is 38.0 Å². The van der Waals surface area contributed by atoms with Crippen molar-refractivity contribution >= 4 is 11.6 Å². The van der Waals surface area contributed by atoms with Crippen LogP contribution >= 0.6 is 0 Å². The lowest BCUT2D eigenvalue weighted by atomic mass is 9.83. The molecule has 1 fully saturated rings. The van der Waals surface area contributed by atoms with E-state index >= 15 is 0 Å². The first-order chi connectivity index (χ1) is 15.7. The van der Waals surface area contributed by atoms with E-state index in [1.54, 1.807) is 12.1 Å². The highest BCUT2D eigenvalue weighted by Crippen LogP contribution is 2.39. The lowest BCUT2D eigenvalue weighted by molar-refractivity contribution is -0.138. The van der Waals surface area contributed by atoms with Crippen molar-refractivity contribution in [2.45, 2.75) is 51.1 Å². The van der Waals surface area contributed by atoms with Gasteiger partial charge in [-0.2, -0.15) is 18.4 Å².